The van der Waals surface area contributed by atoms with Crippen LogP contribution in [0, 0.1) is 0 Å². The van der Waals surface area contributed by atoms with E-state index in [1.165, 1.54) is 23.8 Å². The number of hydrogen-bond acceptors (Lipinski definition) is 4. The predicted octanol–water partition coefficient (Wildman–Crippen LogP) is 3.13. The minimum absolute atomic E-state index is 0.118. The van der Waals surface area contributed by atoms with Gasteiger partial charge in [0.05, 0.1) is 22.2 Å². The fourth-order valence-corrected chi connectivity index (χ4v) is 3.86. The highest BCUT2D eigenvalue weighted by Gasteiger charge is 2.27. The molecule has 0 saturated carbocycles. The Hall–Kier alpha value is -2.05. The molecule has 1 amide bonds. The zero-order valence-corrected chi connectivity index (χ0v) is 15.6. The molecule has 0 saturated heterocycles. The number of nitrogens with one attached hydrogen (secondary N) is 1. The fraction of sp³-hybridized carbons (Fsp3) is 0.278. The summed E-state index contributed by atoms with van der Waals surface area (Å²) in [5.74, 6) is -0.240. The van der Waals surface area contributed by atoms with E-state index in [1.807, 2.05) is 23.1 Å². The number of carbonyl (C=O) groups excluding carboxylic acids is 1. The van der Waals surface area contributed by atoms with Gasteiger partial charge in [-0.05, 0) is 43.2 Å². The van der Waals surface area contributed by atoms with Gasteiger partial charge in [-0.15, -0.1) is 0 Å². The van der Waals surface area contributed by atoms with Crippen LogP contribution in [0.25, 0.3) is 0 Å². The molecule has 1 aliphatic heterocycles. The SMILES string of the molecule is C[C@@H]1Cc2ccccc2N1CC(=O)Nc1cc(S(C)(=O)=O)ccc1Cl. The first-order valence-corrected chi connectivity index (χ1v) is 10.2. The summed E-state index contributed by atoms with van der Waals surface area (Å²) in [6.07, 6.45) is 2.01. The monoisotopic (exact) mass is 378 g/mol. The summed E-state index contributed by atoms with van der Waals surface area (Å²) < 4.78 is 23.4. The minimum atomic E-state index is -3.37. The first kappa shape index (κ1) is 17.8. The summed E-state index contributed by atoms with van der Waals surface area (Å²) >= 11 is 6.09. The Labute approximate surface area is 152 Å². The van der Waals surface area contributed by atoms with E-state index in [1.54, 1.807) is 0 Å². The van der Waals surface area contributed by atoms with Gasteiger partial charge in [0.25, 0.3) is 0 Å². The van der Waals surface area contributed by atoms with E-state index in [2.05, 4.69) is 18.3 Å². The van der Waals surface area contributed by atoms with Crippen molar-refractivity contribution < 1.29 is 13.2 Å². The molecule has 0 aliphatic carbocycles. The molecule has 1 aliphatic rings. The molecule has 7 heteroatoms. The summed E-state index contributed by atoms with van der Waals surface area (Å²) in [5, 5.41) is 3.03. The average molecular weight is 379 g/mol. The van der Waals surface area contributed by atoms with Crippen LogP contribution >= 0.6 is 11.6 Å². The first-order valence-electron chi connectivity index (χ1n) is 7.89. The van der Waals surface area contributed by atoms with Gasteiger partial charge in [0.15, 0.2) is 9.84 Å². The van der Waals surface area contributed by atoms with Gasteiger partial charge in [-0.25, -0.2) is 8.42 Å². The number of sulfone groups is 1. The number of para-hydroxylation sites is 1. The Kier molecular flexibility index (Phi) is 4.75. The lowest BCUT2D eigenvalue weighted by Crippen LogP contribution is -2.37. The van der Waals surface area contributed by atoms with Crippen LogP contribution in [-0.2, 0) is 21.1 Å². The normalized spacial score (nSPS) is 16.6. The fourth-order valence-electron chi connectivity index (χ4n) is 3.05. The molecule has 5 nitrogen and oxygen atoms in total. The zero-order chi connectivity index (χ0) is 18.2. The quantitative estimate of drug-likeness (QED) is 0.887. The van der Waals surface area contributed by atoms with Gasteiger partial charge in [0.2, 0.25) is 5.91 Å². The molecule has 0 radical (unpaired) electrons. The molecule has 2 aromatic carbocycles. The van der Waals surface area contributed by atoms with Gasteiger partial charge in [0.1, 0.15) is 0 Å². The van der Waals surface area contributed by atoms with E-state index >= 15 is 0 Å². The van der Waals surface area contributed by atoms with E-state index in [0.717, 1.165) is 18.4 Å². The van der Waals surface area contributed by atoms with Crippen molar-refractivity contribution >= 4 is 38.7 Å². The van der Waals surface area contributed by atoms with Crippen LogP contribution in [0.5, 0.6) is 0 Å². The second kappa shape index (κ2) is 6.69. The van der Waals surface area contributed by atoms with Crippen LogP contribution in [0.15, 0.2) is 47.4 Å². The number of carbonyl (C=O) groups is 1. The maximum atomic E-state index is 12.5. The molecule has 0 aromatic heterocycles. The maximum Gasteiger partial charge on any atom is 0.243 e. The number of benzene rings is 2. The topological polar surface area (TPSA) is 66.5 Å². The third-order valence-electron chi connectivity index (χ3n) is 4.30. The molecular formula is C18H19ClN2O3S. The van der Waals surface area contributed by atoms with Gasteiger partial charge in [-0.3, -0.25) is 4.79 Å². The van der Waals surface area contributed by atoms with Crippen molar-refractivity contribution in [3.05, 3.63) is 53.1 Å². The Morgan fingerprint density at radius 1 is 1.28 bits per heavy atom. The van der Waals surface area contributed by atoms with E-state index < -0.39 is 9.84 Å². The lowest BCUT2D eigenvalue weighted by molar-refractivity contribution is -0.115. The van der Waals surface area contributed by atoms with Gasteiger partial charge in [0, 0.05) is 18.0 Å². The minimum Gasteiger partial charge on any atom is -0.359 e. The molecule has 25 heavy (non-hydrogen) atoms. The predicted molar refractivity (Wildman–Crippen MR) is 100 cm³/mol. The molecular weight excluding hydrogens is 360 g/mol. The Morgan fingerprint density at radius 3 is 2.72 bits per heavy atom. The van der Waals surface area contributed by atoms with Crippen molar-refractivity contribution in [1.82, 2.24) is 0 Å². The van der Waals surface area contributed by atoms with Crippen molar-refractivity contribution in [2.45, 2.75) is 24.3 Å². The number of rotatable bonds is 4. The summed E-state index contributed by atoms with van der Waals surface area (Å²) in [4.78, 5) is 14.6. The number of fused-ring (bicyclic) bond motifs is 1. The smallest absolute Gasteiger partial charge is 0.243 e. The maximum absolute atomic E-state index is 12.5. The van der Waals surface area contributed by atoms with Crippen molar-refractivity contribution in [2.24, 2.45) is 0 Å². The van der Waals surface area contributed by atoms with Crippen molar-refractivity contribution in [1.29, 1.82) is 0 Å². The molecule has 0 fully saturated rings. The number of hydrogen-bond donors (Lipinski definition) is 1. The van der Waals surface area contributed by atoms with Crippen molar-refractivity contribution in [3.8, 4) is 0 Å². The van der Waals surface area contributed by atoms with Crippen molar-refractivity contribution in [2.75, 3.05) is 23.0 Å². The Bertz CT molecular complexity index is 928. The molecule has 132 valence electrons. The second-order valence-corrected chi connectivity index (χ2v) is 8.69. The first-order chi connectivity index (χ1) is 11.8. The van der Waals surface area contributed by atoms with Crippen LogP contribution < -0.4 is 10.2 Å². The molecule has 0 unspecified atom stereocenters. The van der Waals surface area contributed by atoms with Gasteiger partial charge < -0.3 is 10.2 Å². The highest BCUT2D eigenvalue weighted by Crippen LogP contribution is 2.31. The molecule has 1 heterocycles. The number of amides is 1. The zero-order valence-electron chi connectivity index (χ0n) is 14.0. The lowest BCUT2D eigenvalue weighted by atomic mass is 10.1. The second-order valence-electron chi connectivity index (χ2n) is 6.27. The largest absolute Gasteiger partial charge is 0.359 e. The van der Waals surface area contributed by atoms with Crippen LogP contribution in [0.3, 0.4) is 0 Å². The van der Waals surface area contributed by atoms with Crippen LogP contribution in [0.1, 0.15) is 12.5 Å². The molecule has 1 N–H and O–H groups in total. The molecule has 0 bridgehead atoms. The highest BCUT2D eigenvalue weighted by atomic mass is 35.5. The van der Waals surface area contributed by atoms with Crippen LogP contribution in [-0.4, -0.2) is 33.2 Å². The van der Waals surface area contributed by atoms with Gasteiger partial charge in [-0.2, -0.15) is 0 Å². The van der Waals surface area contributed by atoms with E-state index in [-0.39, 0.29) is 23.4 Å². The molecule has 0 spiro atoms. The summed E-state index contributed by atoms with van der Waals surface area (Å²) in [5.41, 5.74) is 2.58. The summed E-state index contributed by atoms with van der Waals surface area (Å²) in [7, 11) is -3.37. The number of halogens is 1. The van der Waals surface area contributed by atoms with Crippen LogP contribution in [0.4, 0.5) is 11.4 Å². The van der Waals surface area contributed by atoms with Crippen molar-refractivity contribution in [3.63, 3.8) is 0 Å². The Balaban J connectivity index is 1.78. The van der Waals surface area contributed by atoms with Gasteiger partial charge in [-0.1, -0.05) is 29.8 Å². The molecule has 2 aromatic rings. The standard InChI is InChI=1S/C18H19ClN2O3S/c1-12-9-13-5-3-4-6-17(13)21(12)11-18(22)20-16-10-14(25(2,23)24)7-8-15(16)19/h3-8,10,12H,9,11H2,1-2H3,(H,20,22)/t12-/m1/s1. The third kappa shape index (κ3) is 3.80. The highest BCUT2D eigenvalue weighted by molar-refractivity contribution is 7.90. The third-order valence-corrected chi connectivity index (χ3v) is 5.74. The number of anilines is 2. The van der Waals surface area contributed by atoms with E-state index in [9.17, 15) is 13.2 Å². The summed E-state index contributed by atoms with van der Waals surface area (Å²) in [6.45, 7) is 2.25. The van der Waals surface area contributed by atoms with E-state index in [4.69, 9.17) is 11.6 Å². The Morgan fingerprint density at radius 2 is 2.00 bits per heavy atom. The van der Waals surface area contributed by atoms with Gasteiger partial charge >= 0.3 is 0 Å². The molecule has 1 atom stereocenters. The summed E-state index contributed by atoms with van der Waals surface area (Å²) in [6, 6.07) is 12.5. The van der Waals surface area contributed by atoms with Crippen LogP contribution in [0.2, 0.25) is 5.02 Å². The molecule has 3 rings (SSSR count). The number of nitrogens with zero attached hydrogens (tertiary/aromatic N) is 1. The average Bonchev–Trinajstić information content (AvgIpc) is 2.84. The van der Waals surface area contributed by atoms with E-state index in [0.29, 0.717) is 10.7 Å². The lowest BCUT2D eigenvalue weighted by Gasteiger charge is -2.24.